The molecular formula is C24H21NO2. The van der Waals surface area contributed by atoms with E-state index in [0.717, 1.165) is 33.5 Å². The molecule has 3 heteroatoms. The molecule has 0 N–H and O–H groups in total. The fourth-order valence-electron chi connectivity index (χ4n) is 3.89. The molecule has 0 amide bonds. The number of aryl methyl sites for hydroxylation is 1. The number of fused-ring (bicyclic) bond motifs is 4. The molecule has 0 saturated heterocycles. The van der Waals surface area contributed by atoms with E-state index in [0.29, 0.717) is 5.58 Å². The zero-order valence-corrected chi connectivity index (χ0v) is 16.0. The molecule has 0 fully saturated rings. The minimum Gasteiger partial charge on any atom is -0.459 e. The molecule has 0 unspecified atom stereocenters. The lowest BCUT2D eigenvalue weighted by atomic mass is 9.82. The van der Waals surface area contributed by atoms with Crippen LogP contribution in [0.15, 0.2) is 63.6 Å². The summed E-state index contributed by atoms with van der Waals surface area (Å²) in [4.78, 5) is 4.92. The van der Waals surface area contributed by atoms with E-state index in [4.69, 9.17) is 13.8 Å². The van der Waals surface area contributed by atoms with Crippen LogP contribution in [0.5, 0.6) is 0 Å². The Morgan fingerprint density at radius 1 is 0.889 bits per heavy atom. The zero-order chi connectivity index (χ0) is 18.8. The van der Waals surface area contributed by atoms with Crippen LogP contribution in [0.25, 0.3) is 44.1 Å². The van der Waals surface area contributed by atoms with Crippen LogP contribution in [-0.2, 0) is 5.41 Å². The Morgan fingerprint density at radius 3 is 2.52 bits per heavy atom. The molecule has 0 aliphatic carbocycles. The van der Waals surface area contributed by atoms with Gasteiger partial charge in [0.1, 0.15) is 11.3 Å². The minimum absolute atomic E-state index is 0.0286. The first-order chi connectivity index (χ1) is 12.9. The molecule has 2 aromatic carbocycles. The van der Waals surface area contributed by atoms with Gasteiger partial charge in [0, 0.05) is 11.6 Å². The van der Waals surface area contributed by atoms with E-state index in [1.54, 1.807) is 6.26 Å². The summed E-state index contributed by atoms with van der Waals surface area (Å²) in [5.41, 5.74) is 5.68. The Labute approximate surface area is 157 Å². The second-order valence-corrected chi connectivity index (χ2v) is 8.19. The number of furan rings is 2. The number of hydrogen-bond donors (Lipinski definition) is 0. The molecule has 3 nitrogen and oxygen atoms in total. The molecule has 0 saturated carbocycles. The maximum atomic E-state index is 5.95. The number of hydrogen-bond acceptors (Lipinski definition) is 3. The summed E-state index contributed by atoms with van der Waals surface area (Å²) >= 11 is 0. The number of benzene rings is 2. The van der Waals surface area contributed by atoms with E-state index >= 15 is 0 Å². The minimum atomic E-state index is 0.0286. The molecule has 3 heterocycles. The van der Waals surface area contributed by atoms with Crippen molar-refractivity contribution >= 4 is 32.8 Å². The molecule has 0 bridgehead atoms. The summed E-state index contributed by atoms with van der Waals surface area (Å²) in [6.45, 7) is 8.72. The second-order valence-electron chi connectivity index (χ2n) is 8.19. The van der Waals surface area contributed by atoms with E-state index in [-0.39, 0.29) is 5.41 Å². The third kappa shape index (κ3) is 2.46. The van der Waals surface area contributed by atoms with Crippen LogP contribution < -0.4 is 0 Å². The average Bonchev–Trinajstić information content (AvgIpc) is 3.24. The van der Waals surface area contributed by atoms with E-state index in [1.807, 2.05) is 19.1 Å². The standard InChI is InChI=1S/C24H21NO2/c1-14-11-18-21(25-20-9-10-26-23(20)22(18)27-14)16-12-15-7-5-6-8-17(15)19(13-16)24(2,3)4/h5-13H,1-4H3. The van der Waals surface area contributed by atoms with Crippen molar-refractivity contribution in [2.45, 2.75) is 33.1 Å². The maximum absolute atomic E-state index is 5.95. The van der Waals surface area contributed by atoms with Crippen molar-refractivity contribution in [1.82, 2.24) is 4.98 Å². The summed E-state index contributed by atoms with van der Waals surface area (Å²) in [5.74, 6) is 0.855. The number of rotatable bonds is 1. The first kappa shape index (κ1) is 16.1. The Morgan fingerprint density at radius 2 is 1.70 bits per heavy atom. The molecule has 27 heavy (non-hydrogen) atoms. The van der Waals surface area contributed by atoms with E-state index in [9.17, 15) is 0 Å². The van der Waals surface area contributed by atoms with Crippen LogP contribution in [0.4, 0.5) is 0 Å². The first-order valence-corrected chi connectivity index (χ1v) is 9.23. The molecule has 5 aromatic rings. The molecule has 5 rings (SSSR count). The summed E-state index contributed by atoms with van der Waals surface area (Å²) < 4.78 is 11.6. The highest BCUT2D eigenvalue weighted by Gasteiger charge is 2.21. The van der Waals surface area contributed by atoms with Crippen LogP contribution in [0.3, 0.4) is 0 Å². The van der Waals surface area contributed by atoms with Crippen LogP contribution >= 0.6 is 0 Å². The molecule has 0 atom stereocenters. The summed E-state index contributed by atoms with van der Waals surface area (Å²) in [7, 11) is 0. The predicted octanol–water partition coefficient (Wildman–Crippen LogP) is 7.00. The highest BCUT2D eigenvalue weighted by atomic mass is 16.4. The normalized spacial score (nSPS) is 12.4. The highest BCUT2D eigenvalue weighted by Crippen LogP contribution is 2.39. The number of aromatic nitrogens is 1. The van der Waals surface area contributed by atoms with Crippen LogP contribution in [0.1, 0.15) is 32.1 Å². The largest absolute Gasteiger partial charge is 0.459 e. The molecular weight excluding hydrogens is 334 g/mol. The highest BCUT2D eigenvalue weighted by molar-refractivity contribution is 6.06. The average molecular weight is 355 g/mol. The third-order valence-electron chi connectivity index (χ3n) is 5.14. The van der Waals surface area contributed by atoms with Gasteiger partial charge in [0.05, 0.1) is 17.3 Å². The fraction of sp³-hybridized carbons (Fsp3) is 0.208. The van der Waals surface area contributed by atoms with Crippen LogP contribution in [0, 0.1) is 6.92 Å². The molecule has 0 aliphatic rings. The zero-order valence-electron chi connectivity index (χ0n) is 16.0. The SMILES string of the molecule is Cc1cc2c(-c3cc(C(C)(C)C)c4ccccc4c3)nc3ccoc3c2o1. The van der Waals surface area contributed by atoms with Gasteiger partial charge < -0.3 is 8.83 Å². The van der Waals surface area contributed by atoms with Crippen molar-refractivity contribution in [3.63, 3.8) is 0 Å². The lowest BCUT2D eigenvalue weighted by Gasteiger charge is -2.22. The van der Waals surface area contributed by atoms with Crippen molar-refractivity contribution in [1.29, 1.82) is 0 Å². The van der Waals surface area contributed by atoms with Gasteiger partial charge in [0.2, 0.25) is 0 Å². The Bertz CT molecular complexity index is 1320. The topological polar surface area (TPSA) is 39.2 Å². The molecule has 0 spiro atoms. The van der Waals surface area contributed by atoms with Gasteiger partial charge in [-0.1, -0.05) is 45.0 Å². The van der Waals surface area contributed by atoms with Crippen molar-refractivity contribution < 1.29 is 8.83 Å². The quantitative estimate of drug-likeness (QED) is 0.325. The second kappa shape index (κ2) is 5.46. The van der Waals surface area contributed by atoms with Gasteiger partial charge in [0.15, 0.2) is 11.2 Å². The molecule has 3 aromatic heterocycles. The lowest BCUT2D eigenvalue weighted by molar-refractivity contribution is 0.560. The van der Waals surface area contributed by atoms with E-state index in [1.165, 1.54) is 16.3 Å². The summed E-state index contributed by atoms with van der Waals surface area (Å²) in [6.07, 6.45) is 1.67. The third-order valence-corrected chi connectivity index (χ3v) is 5.14. The van der Waals surface area contributed by atoms with E-state index < -0.39 is 0 Å². The summed E-state index contributed by atoms with van der Waals surface area (Å²) in [6, 6.07) is 17.0. The van der Waals surface area contributed by atoms with Crippen LogP contribution in [-0.4, -0.2) is 4.98 Å². The lowest BCUT2D eigenvalue weighted by Crippen LogP contribution is -2.12. The smallest absolute Gasteiger partial charge is 0.195 e. The van der Waals surface area contributed by atoms with Crippen molar-refractivity contribution in [3.8, 4) is 11.3 Å². The van der Waals surface area contributed by atoms with Gasteiger partial charge in [-0.3, -0.25) is 0 Å². The van der Waals surface area contributed by atoms with Crippen molar-refractivity contribution in [2.75, 3.05) is 0 Å². The predicted molar refractivity (Wildman–Crippen MR) is 110 cm³/mol. The Kier molecular flexibility index (Phi) is 3.26. The van der Waals surface area contributed by atoms with Gasteiger partial charge in [-0.15, -0.1) is 0 Å². The van der Waals surface area contributed by atoms with Gasteiger partial charge in [-0.2, -0.15) is 0 Å². The molecule has 134 valence electrons. The fourth-order valence-corrected chi connectivity index (χ4v) is 3.89. The number of nitrogens with zero attached hydrogens (tertiary/aromatic N) is 1. The van der Waals surface area contributed by atoms with Crippen molar-refractivity contribution in [2.24, 2.45) is 0 Å². The maximum Gasteiger partial charge on any atom is 0.195 e. The van der Waals surface area contributed by atoms with Gasteiger partial charge >= 0.3 is 0 Å². The number of pyridine rings is 1. The first-order valence-electron chi connectivity index (χ1n) is 9.23. The molecule has 0 radical (unpaired) electrons. The van der Waals surface area contributed by atoms with Gasteiger partial charge in [-0.05, 0) is 46.9 Å². The van der Waals surface area contributed by atoms with Crippen molar-refractivity contribution in [3.05, 3.63) is 66.1 Å². The van der Waals surface area contributed by atoms with Gasteiger partial charge in [0.25, 0.3) is 0 Å². The van der Waals surface area contributed by atoms with Gasteiger partial charge in [-0.25, -0.2) is 4.98 Å². The van der Waals surface area contributed by atoms with E-state index in [2.05, 4.69) is 57.2 Å². The molecule has 0 aliphatic heterocycles. The summed E-state index contributed by atoms with van der Waals surface area (Å²) in [5, 5.41) is 3.50. The Balaban J connectivity index is 1.90. The monoisotopic (exact) mass is 355 g/mol. The van der Waals surface area contributed by atoms with Crippen LogP contribution in [0.2, 0.25) is 0 Å². The Hall–Kier alpha value is -3.07.